The summed E-state index contributed by atoms with van der Waals surface area (Å²) in [5.41, 5.74) is 0. The molecule has 5 heteroatoms. The molecular formula is C16H33N3O2. The van der Waals surface area contributed by atoms with Crippen LogP contribution in [0.25, 0.3) is 0 Å². The first-order valence-electron chi connectivity index (χ1n) is 8.16. The number of carbonyl (C=O) groups excluding carboxylic acids is 2. The van der Waals surface area contributed by atoms with Gasteiger partial charge in [0.15, 0.2) is 0 Å². The van der Waals surface area contributed by atoms with E-state index in [2.05, 4.69) is 22.5 Å². The smallest absolute Gasteiger partial charge is 0.222 e. The topological polar surface area (TPSA) is 61.4 Å². The van der Waals surface area contributed by atoms with E-state index in [0.717, 1.165) is 45.6 Å². The minimum Gasteiger partial charge on any atom is -0.356 e. The number of amides is 2. The van der Waals surface area contributed by atoms with Crippen LogP contribution < -0.4 is 10.6 Å². The predicted octanol–water partition coefficient (Wildman–Crippen LogP) is 1.63. The molecule has 2 amide bonds. The van der Waals surface area contributed by atoms with Gasteiger partial charge in [-0.05, 0) is 32.5 Å². The van der Waals surface area contributed by atoms with E-state index in [9.17, 15) is 9.59 Å². The second-order valence-electron chi connectivity index (χ2n) is 6.03. The molecule has 0 aromatic rings. The largest absolute Gasteiger partial charge is 0.356 e. The third-order valence-corrected chi connectivity index (χ3v) is 3.40. The van der Waals surface area contributed by atoms with Crippen LogP contribution in [0.1, 0.15) is 47.5 Å². The van der Waals surface area contributed by atoms with Crippen LogP contribution >= 0.6 is 0 Å². The lowest BCUT2D eigenvalue weighted by Gasteiger charge is -2.20. The molecule has 0 aliphatic rings. The second kappa shape index (κ2) is 11.5. The summed E-state index contributed by atoms with van der Waals surface area (Å²) in [6.07, 6.45) is 1.93. The summed E-state index contributed by atoms with van der Waals surface area (Å²) in [5.74, 6) is 0.345. The van der Waals surface area contributed by atoms with Crippen LogP contribution in [0.4, 0.5) is 0 Å². The fourth-order valence-electron chi connectivity index (χ4n) is 1.86. The lowest BCUT2D eigenvalue weighted by Crippen LogP contribution is -2.34. The molecule has 0 bridgehead atoms. The Hall–Kier alpha value is -1.10. The molecule has 0 radical (unpaired) electrons. The number of hydrogen-bond donors (Lipinski definition) is 2. The monoisotopic (exact) mass is 299 g/mol. The predicted molar refractivity (Wildman–Crippen MR) is 87.0 cm³/mol. The number of carbonyl (C=O) groups is 2. The van der Waals surface area contributed by atoms with E-state index in [1.54, 1.807) is 0 Å². The number of nitrogens with zero attached hydrogens (tertiary/aromatic N) is 1. The lowest BCUT2D eigenvalue weighted by molar-refractivity contribution is -0.124. The Balaban J connectivity index is 3.67. The third kappa shape index (κ3) is 10.3. The van der Waals surface area contributed by atoms with Gasteiger partial charge in [-0.25, -0.2) is 0 Å². The van der Waals surface area contributed by atoms with Crippen molar-refractivity contribution in [3.8, 4) is 0 Å². The molecule has 2 N–H and O–H groups in total. The maximum atomic E-state index is 11.4. The Labute approximate surface area is 129 Å². The first kappa shape index (κ1) is 19.9. The zero-order chi connectivity index (χ0) is 16.3. The molecule has 0 aromatic carbocycles. The SMILES string of the molecule is CCN(CCCNC(=O)C(C)C)CCCNC(=O)C(C)C. The summed E-state index contributed by atoms with van der Waals surface area (Å²) in [7, 11) is 0. The van der Waals surface area contributed by atoms with E-state index < -0.39 is 0 Å². The van der Waals surface area contributed by atoms with E-state index in [1.807, 2.05) is 27.7 Å². The molecule has 5 nitrogen and oxygen atoms in total. The molecule has 0 heterocycles. The Morgan fingerprint density at radius 3 is 1.52 bits per heavy atom. The number of hydrogen-bond acceptors (Lipinski definition) is 3. The van der Waals surface area contributed by atoms with Gasteiger partial charge in [0.1, 0.15) is 0 Å². The van der Waals surface area contributed by atoms with Gasteiger partial charge in [-0.2, -0.15) is 0 Å². The molecule has 0 fully saturated rings. The highest BCUT2D eigenvalue weighted by Gasteiger charge is 2.07. The summed E-state index contributed by atoms with van der Waals surface area (Å²) < 4.78 is 0. The average molecular weight is 299 g/mol. The minimum absolute atomic E-state index is 0.0526. The first-order valence-corrected chi connectivity index (χ1v) is 8.16. The maximum Gasteiger partial charge on any atom is 0.222 e. The molecule has 0 rings (SSSR count). The first-order chi connectivity index (χ1) is 9.88. The molecule has 0 saturated carbocycles. The highest BCUT2D eigenvalue weighted by atomic mass is 16.2. The highest BCUT2D eigenvalue weighted by molar-refractivity contribution is 5.78. The molecule has 0 saturated heterocycles. The van der Waals surface area contributed by atoms with Gasteiger partial charge in [0.2, 0.25) is 11.8 Å². The van der Waals surface area contributed by atoms with Crippen LogP contribution in [0, 0.1) is 11.8 Å². The van der Waals surface area contributed by atoms with Crippen molar-refractivity contribution in [3.05, 3.63) is 0 Å². The molecule has 0 aromatic heterocycles. The van der Waals surface area contributed by atoms with Crippen molar-refractivity contribution in [2.45, 2.75) is 47.5 Å². The lowest BCUT2D eigenvalue weighted by atomic mass is 10.2. The van der Waals surface area contributed by atoms with Crippen LogP contribution in [0.5, 0.6) is 0 Å². The van der Waals surface area contributed by atoms with Crippen molar-refractivity contribution >= 4 is 11.8 Å². The van der Waals surface area contributed by atoms with Crippen molar-refractivity contribution in [1.29, 1.82) is 0 Å². The fourth-order valence-corrected chi connectivity index (χ4v) is 1.86. The van der Waals surface area contributed by atoms with Crippen molar-refractivity contribution < 1.29 is 9.59 Å². The Bertz CT molecular complexity index is 276. The average Bonchev–Trinajstić information content (AvgIpc) is 2.44. The van der Waals surface area contributed by atoms with Gasteiger partial charge in [-0.15, -0.1) is 0 Å². The maximum absolute atomic E-state index is 11.4. The van der Waals surface area contributed by atoms with Gasteiger partial charge in [0, 0.05) is 24.9 Å². The van der Waals surface area contributed by atoms with Crippen LogP contribution in [0.2, 0.25) is 0 Å². The van der Waals surface area contributed by atoms with E-state index in [-0.39, 0.29) is 23.7 Å². The fraction of sp³-hybridized carbons (Fsp3) is 0.875. The molecular weight excluding hydrogens is 266 g/mol. The number of nitrogens with one attached hydrogen (secondary N) is 2. The van der Waals surface area contributed by atoms with Gasteiger partial charge >= 0.3 is 0 Å². The second-order valence-corrected chi connectivity index (χ2v) is 6.03. The molecule has 0 aliphatic heterocycles. The Morgan fingerprint density at radius 1 is 0.857 bits per heavy atom. The van der Waals surface area contributed by atoms with Crippen LogP contribution in [0.3, 0.4) is 0 Å². The van der Waals surface area contributed by atoms with Crippen molar-refractivity contribution in [3.63, 3.8) is 0 Å². The van der Waals surface area contributed by atoms with Crippen molar-refractivity contribution in [2.75, 3.05) is 32.7 Å². The molecule has 0 unspecified atom stereocenters. The van der Waals surface area contributed by atoms with Gasteiger partial charge in [-0.1, -0.05) is 34.6 Å². The summed E-state index contributed by atoms with van der Waals surface area (Å²) in [6, 6.07) is 0. The van der Waals surface area contributed by atoms with E-state index >= 15 is 0 Å². The third-order valence-electron chi connectivity index (χ3n) is 3.40. The van der Waals surface area contributed by atoms with E-state index in [4.69, 9.17) is 0 Å². The van der Waals surface area contributed by atoms with Crippen LogP contribution in [-0.4, -0.2) is 49.4 Å². The summed E-state index contributed by atoms with van der Waals surface area (Å²) in [6.45, 7) is 14.2. The quantitative estimate of drug-likeness (QED) is 0.570. The summed E-state index contributed by atoms with van der Waals surface area (Å²) in [5, 5.41) is 5.87. The zero-order valence-electron chi connectivity index (χ0n) is 14.4. The molecule has 0 spiro atoms. The van der Waals surface area contributed by atoms with E-state index in [1.165, 1.54) is 0 Å². The number of rotatable bonds is 11. The van der Waals surface area contributed by atoms with Gasteiger partial charge < -0.3 is 15.5 Å². The normalized spacial score (nSPS) is 11.2. The van der Waals surface area contributed by atoms with Gasteiger partial charge in [0.25, 0.3) is 0 Å². The standard InChI is InChI=1S/C16H33N3O2/c1-6-19(11-7-9-17-15(20)13(2)3)12-8-10-18-16(21)14(4)5/h13-14H,6-12H2,1-5H3,(H,17,20)(H,18,21). The minimum atomic E-state index is 0.0526. The molecule has 0 atom stereocenters. The van der Waals surface area contributed by atoms with Crippen molar-refractivity contribution in [2.24, 2.45) is 11.8 Å². The Kier molecular flexibility index (Phi) is 10.9. The zero-order valence-corrected chi connectivity index (χ0v) is 14.4. The summed E-state index contributed by atoms with van der Waals surface area (Å²) >= 11 is 0. The van der Waals surface area contributed by atoms with Crippen molar-refractivity contribution in [1.82, 2.24) is 15.5 Å². The van der Waals surface area contributed by atoms with Gasteiger partial charge in [-0.3, -0.25) is 9.59 Å². The van der Waals surface area contributed by atoms with Crippen LogP contribution in [-0.2, 0) is 9.59 Å². The van der Waals surface area contributed by atoms with Crippen LogP contribution in [0.15, 0.2) is 0 Å². The van der Waals surface area contributed by atoms with E-state index in [0.29, 0.717) is 0 Å². The molecule has 124 valence electrons. The molecule has 21 heavy (non-hydrogen) atoms. The Morgan fingerprint density at radius 2 is 1.24 bits per heavy atom. The van der Waals surface area contributed by atoms with Gasteiger partial charge in [0.05, 0.1) is 0 Å². The highest BCUT2D eigenvalue weighted by Crippen LogP contribution is 1.96. The summed E-state index contributed by atoms with van der Waals surface area (Å²) in [4.78, 5) is 25.2. The molecule has 0 aliphatic carbocycles.